The first kappa shape index (κ1) is 16.2. The summed E-state index contributed by atoms with van der Waals surface area (Å²) in [6.07, 6.45) is -6.54. The molecule has 1 saturated carbocycles. The third-order valence-electron chi connectivity index (χ3n) is 4.17. The van der Waals surface area contributed by atoms with Gasteiger partial charge in [0, 0.05) is 5.56 Å². The SMILES string of the molecule is Fc1c(F)c(F)c2c(c1F)C(F)(F)C1(F)C(F)(F)C21C(F)(F)F. The molecule has 0 bridgehead atoms. The first-order chi connectivity index (χ1) is 10.1. The number of halogens is 12. The Balaban J connectivity index is 2.58. The van der Waals surface area contributed by atoms with Crippen LogP contribution >= 0.6 is 0 Å². The van der Waals surface area contributed by atoms with E-state index >= 15 is 0 Å². The zero-order valence-corrected chi connectivity index (χ0v) is 10.0. The fraction of sp³-hybridized carbons (Fsp3) is 0.455. The summed E-state index contributed by atoms with van der Waals surface area (Å²) in [4.78, 5) is 0. The normalized spacial score (nSPS) is 33.4. The van der Waals surface area contributed by atoms with Crippen LogP contribution in [0, 0.1) is 23.3 Å². The van der Waals surface area contributed by atoms with E-state index in [1.165, 1.54) is 0 Å². The summed E-state index contributed by atoms with van der Waals surface area (Å²) < 4.78 is 160. The third-order valence-corrected chi connectivity index (χ3v) is 4.17. The highest BCUT2D eigenvalue weighted by atomic mass is 19.4. The van der Waals surface area contributed by atoms with Crippen molar-refractivity contribution in [2.75, 3.05) is 0 Å². The van der Waals surface area contributed by atoms with Crippen LogP contribution in [0.25, 0.3) is 0 Å². The number of hydrogen-bond donors (Lipinski definition) is 0. The fourth-order valence-electron chi connectivity index (χ4n) is 3.18. The average Bonchev–Trinajstić information content (AvgIpc) is 2.72. The molecule has 2 unspecified atom stereocenters. The number of hydrogen-bond acceptors (Lipinski definition) is 0. The molecule has 2 atom stereocenters. The molecule has 0 heterocycles. The molecule has 2 aliphatic carbocycles. The minimum Gasteiger partial charge on any atom is -0.228 e. The Morgan fingerprint density at radius 2 is 1.00 bits per heavy atom. The van der Waals surface area contributed by atoms with E-state index in [9.17, 15) is 52.7 Å². The molecule has 0 aromatic heterocycles. The Labute approximate surface area is 117 Å². The second kappa shape index (κ2) is 3.56. The van der Waals surface area contributed by atoms with Crippen molar-refractivity contribution in [2.45, 2.75) is 29.1 Å². The Bertz CT molecular complexity index is 747. The van der Waals surface area contributed by atoms with Crippen LogP contribution in [0.3, 0.4) is 0 Å². The molecule has 0 radical (unpaired) electrons. The van der Waals surface area contributed by atoms with E-state index in [4.69, 9.17) is 0 Å². The molecular formula is C11F12. The van der Waals surface area contributed by atoms with Crippen molar-refractivity contribution in [1.29, 1.82) is 0 Å². The van der Waals surface area contributed by atoms with Gasteiger partial charge in [-0.3, -0.25) is 0 Å². The molecular weight excluding hydrogens is 360 g/mol. The molecule has 12 heteroatoms. The largest absolute Gasteiger partial charge is 0.408 e. The van der Waals surface area contributed by atoms with Crippen LogP contribution < -0.4 is 0 Å². The Morgan fingerprint density at radius 3 is 1.39 bits per heavy atom. The van der Waals surface area contributed by atoms with Crippen molar-refractivity contribution >= 4 is 0 Å². The van der Waals surface area contributed by atoms with Crippen LogP contribution in [-0.4, -0.2) is 17.8 Å². The first-order valence-electron chi connectivity index (χ1n) is 5.52. The van der Waals surface area contributed by atoms with Gasteiger partial charge < -0.3 is 0 Å². The van der Waals surface area contributed by atoms with Crippen LogP contribution in [0.2, 0.25) is 0 Å². The quantitative estimate of drug-likeness (QED) is 0.363. The van der Waals surface area contributed by atoms with Crippen LogP contribution in [0.1, 0.15) is 11.1 Å². The highest BCUT2D eigenvalue weighted by Crippen LogP contribution is 2.87. The minimum absolute atomic E-state index is 2.90. The smallest absolute Gasteiger partial charge is 0.228 e. The molecule has 128 valence electrons. The third kappa shape index (κ3) is 1.15. The lowest BCUT2D eigenvalue weighted by atomic mass is 9.92. The van der Waals surface area contributed by atoms with Gasteiger partial charge in [0.1, 0.15) is 0 Å². The van der Waals surface area contributed by atoms with Gasteiger partial charge in [0.25, 0.3) is 5.67 Å². The topological polar surface area (TPSA) is 0 Å². The van der Waals surface area contributed by atoms with Crippen molar-refractivity contribution in [3.05, 3.63) is 34.4 Å². The van der Waals surface area contributed by atoms with Crippen LogP contribution in [-0.2, 0) is 11.3 Å². The summed E-state index contributed by atoms with van der Waals surface area (Å²) in [5, 5.41) is 0. The van der Waals surface area contributed by atoms with Gasteiger partial charge in [-0.1, -0.05) is 0 Å². The molecule has 1 aromatic carbocycles. The molecule has 0 spiro atoms. The van der Waals surface area contributed by atoms with Crippen molar-refractivity contribution in [1.82, 2.24) is 0 Å². The molecule has 1 fully saturated rings. The summed E-state index contributed by atoms with van der Waals surface area (Å²) in [6, 6.07) is 0. The van der Waals surface area contributed by atoms with Gasteiger partial charge in [-0.15, -0.1) is 0 Å². The van der Waals surface area contributed by atoms with Crippen LogP contribution in [0.5, 0.6) is 0 Å². The van der Waals surface area contributed by atoms with Gasteiger partial charge in [-0.2, -0.15) is 22.0 Å². The van der Waals surface area contributed by atoms with E-state index in [0.29, 0.717) is 0 Å². The van der Waals surface area contributed by atoms with E-state index in [1.54, 1.807) is 0 Å². The molecule has 3 rings (SSSR count). The monoisotopic (exact) mass is 360 g/mol. The summed E-state index contributed by atoms with van der Waals surface area (Å²) in [5.41, 5.74) is -17.2. The molecule has 0 aliphatic heterocycles. The zero-order valence-electron chi connectivity index (χ0n) is 10.0. The zero-order chi connectivity index (χ0) is 18.0. The first-order valence-corrected chi connectivity index (χ1v) is 5.52. The van der Waals surface area contributed by atoms with E-state index in [0.717, 1.165) is 0 Å². The van der Waals surface area contributed by atoms with Gasteiger partial charge in [-0.05, 0) is 0 Å². The van der Waals surface area contributed by atoms with E-state index in [-0.39, 0.29) is 0 Å². The van der Waals surface area contributed by atoms with Gasteiger partial charge in [-0.25, -0.2) is 30.7 Å². The van der Waals surface area contributed by atoms with Crippen molar-refractivity contribution < 1.29 is 52.7 Å². The number of alkyl halides is 8. The van der Waals surface area contributed by atoms with Crippen LogP contribution in [0.4, 0.5) is 52.7 Å². The second-order valence-corrected chi connectivity index (χ2v) is 5.06. The average molecular weight is 360 g/mol. The van der Waals surface area contributed by atoms with Gasteiger partial charge in [0.2, 0.25) is 5.41 Å². The molecule has 23 heavy (non-hydrogen) atoms. The van der Waals surface area contributed by atoms with Gasteiger partial charge >= 0.3 is 18.0 Å². The summed E-state index contributed by atoms with van der Waals surface area (Å²) >= 11 is 0. The maximum Gasteiger partial charge on any atom is 0.408 e. The fourth-order valence-corrected chi connectivity index (χ4v) is 3.18. The number of benzene rings is 1. The van der Waals surface area contributed by atoms with Crippen molar-refractivity contribution in [3.63, 3.8) is 0 Å². The van der Waals surface area contributed by atoms with Crippen molar-refractivity contribution in [2.24, 2.45) is 0 Å². The molecule has 2 aliphatic rings. The summed E-state index contributed by atoms with van der Waals surface area (Å²) in [6.45, 7) is 0. The highest BCUT2D eigenvalue weighted by Gasteiger charge is 3.12. The lowest BCUT2D eigenvalue weighted by Gasteiger charge is -2.22. The van der Waals surface area contributed by atoms with E-state index < -0.39 is 63.5 Å². The van der Waals surface area contributed by atoms with Gasteiger partial charge in [0.05, 0.1) is 5.56 Å². The Hall–Kier alpha value is -1.62. The molecule has 0 nitrogen and oxygen atoms in total. The highest BCUT2D eigenvalue weighted by molar-refractivity contribution is 5.66. The second-order valence-electron chi connectivity index (χ2n) is 5.06. The molecule has 0 saturated heterocycles. The predicted octanol–water partition coefficient (Wildman–Crippen LogP) is 4.51. The van der Waals surface area contributed by atoms with Crippen LogP contribution in [0.15, 0.2) is 0 Å². The predicted molar refractivity (Wildman–Crippen MR) is 46.7 cm³/mol. The summed E-state index contributed by atoms with van der Waals surface area (Å²) in [7, 11) is 0. The Morgan fingerprint density at radius 1 is 0.609 bits per heavy atom. The molecule has 0 amide bonds. The Kier molecular flexibility index (Phi) is 2.51. The number of fused-ring (bicyclic) bond motifs is 3. The number of rotatable bonds is 0. The van der Waals surface area contributed by atoms with E-state index in [1.807, 2.05) is 0 Å². The maximum atomic E-state index is 14.0. The van der Waals surface area contributed by atoms with Crippen molar-refractivity contribution in [3.8, 4) is 0 Å². The lowest BCUT2D eigenvalue weighted by molar-refractivity contribution is -0.191. The standard InChI is InChI=1S/C11F12/c12-3-1-2(4(13)6(15)5(3)14)8(16,17)9(18)7(1,10(9,19)20)11(21,22)23. The minimum atomic E-state index is -6.54. The summed E-state index contributed by atoms with van der Waals surface area (Å²) in [5.74, 6) is -24.1. The maximum absolute atomic E-state index is 14.0. The van der Waals surface area contributed by atoms with E-state index in [2.05, 4.69) is 0 Å². The molecule has 1 aromatic rings. The van der Waals surface area contributed by atoms with Gasteiger partial charge in [0.15, 0.2) is 23.3 Å². The molecule has 0 N–H and O–H groups in total. The lowest BCUT2D eigenvalue weighted by Crippen LogP contribution is -2.37.